The average molecular weight is 285 g/mol. The molecular formula is C11H18Cl2O4. The third-order valence-electron chi connectivity index (χ3n) is 1.70. The Balaban J connectivity index is 4.39. The largest absolute Gasteiger partial charge is 0.469 e. The summed E-state index contributed by atoms with van der Waals surface area (Å²) in [6.45, 7) is 6.39. The molecule has 17 heavy (non-hydrogen) atoms. The Labute approximate surface area is 112 Å². The van der Waals surface area contributed by atoms with E-state index in [4.69, 9.17) is 37.4 Å². The van der Waals surface area contributed by atoms with E-state index in [9.17, 15) is 4.79 Å². The fourth-order valence-electron chi connectivity index (χ4n) is 1.15. The highest BCUT2D eigenvalue weighted by atomic mass is 35.5. The number of ether oxygens (including phenoxy) is 3. The molecule has 0 aliphatic rings. The number of carbonyl (C=O) groups excluding carboxylic acids is 1. The van der Waals surface area contributed by atoms with Gasteiger partial charge in [0, 0.05) is 25.7 Å². The lowest BCUT2D eigenvalue weighted by atomic mass is 10.3. The quantitative estimate of drug-likeness (QED) is 0.215. The van der Waals surface area contributed by atoms with E-state index in [0.717, 1.165) is 0 Å². The summed E-state index contributed by atoms with van der Waals surface area (Å²) in [7, 11) is 0. The molecule has 0 heterocycles. The van der Waals surface area contributed by atoms with E-state index in [-0.39, 0.29) is 6.42 Å². The van der Waals surface area contributed by atoms with Gasteiger partial charge in [-0.3, -0.25) is 4.79 Å². The van der Waals surface area contributed by atoms with Gasteiger partial charge in [0.05, 0.1) is 0 Å². The van der Waals surface area contributed by atoms with Crippen LogP contribution in [0.2, 0.25) is 0 Å². The molecule has 2 atom stereocenters. The summed E-state index contributed by atoms with van der Waals surface area (Å²) in [4.78, 5) is 10.8. The molecule has 0 saturated carbocycles. The van der Waals surface area contributed by atoms with Crippen molar-refractivity contribution in [3.05, 3.63) is 11.8 Å². The number of carbonyl (C=O) groups is 1. The fraction of sp³-hybridized carbons (Fsp3) is 0.727. The smallest absolute Gasteiger partial charge is 0.248 e. The highest BCUT2D eigenvalue weighted by molar-refractivity contribution is 6.66. The molecular weight excluding hydrogens is 267 g/mol. The van der Waals surface area contributed by atoms with Crippen molar-refractivity contribution in [3.8, 4) is 0 Å². The van der Waals surface area contributed by atoms with Crippen LogP contribution in [0.1, 0.15) is 27.2 Å². The van der Waals surface area contributed by atoms with Gasteiger partial charge in [0.25, 0.3) is 0 Å². The predicted octanol–water partition coefficient (Wildman–Crippen LogP) is 3.03. The number of allylic oxidation sites excluding steroid dienone is 1. The second-order valence-corrected chi connectivity index (χ2v) is 3.98. The second-order valence-electron chi connectivity index (χ2n) is 3.13. The molecule has 0 amide bonds. The zero-order valence-corrected chi connectivity index (χ0v) is 11.8. The fourth-order valence-corrected chi connectivity index (χ4v) is 1.55. The minimum Gasteiger partial charge on any atom is -0.469 e. The van der Waals surface area contributed by atoms with Crippen LogP contribution in [0.4, 0.5) is 0 Å². The Morgan fingerprint density at radius 1 is 1.29 bits per heavy atom. The molecule has 0 rings (SSSR count). The first kappa shape index (κ1) is 16.7. The third kappa shape index (κ3) is 9.41. The van der Waals surface area contributed by atoms with E-state index in [1.807, 2.05) is 13.8 Å². The first-order valence-electron chi connectivity index (χ1n) is 5.43. The van der Waals surface area contributed by atoms with Crippen LogP contribution in [0.25, 0.3) is 0 Å². The van der Waals surface area contributed by atoms with Crippen LogP contribution in [0, 0.1) is 0 Å². The summed E-state index contributed by atoms with van der Waals surface area (Å²) in [6, 6.07) is 0. The Hall–Kier alpha value is -0.290. The highest BCUT2D eigenvalue weighted by Crippen LogP contribution is 2.16. The Morgan fingerprint density at radius 3 is 2.35 bits per heavy atom. The minimum atomic E-state index is -0.621. The van der Waals surface area contributed by atoms with Crippen molar-refractivity contribution in [2.24, 2.45) is 0 Å². The molecule has 0 aliphatic carbocycles. The van der Waals surface area contributed by atoms with Crippen molar-refractivity contribution >= 4 is 28.4 Å². The van der Waals surface area contributed by atoms with Crippen LogP contribution in [-0.2, 0) is 19.0 Å². The standard InChI is InChI=1S/C11H18Cl2O4/c1-4-15-8(3)17-9(6-10(12)14)7-11(13)16-5-2/h6,8,11H,4-5,7H2,1-3H3/b9-6+. The minimum absolute atomic E-state index is 0.255. The molecule has 6 heteroatoms. The summed E-state index contributed by atoms with van der Waals surface area (Å²) in [5, 5.41) is -0.621. The second kappa shape index (κ2) is 9.71. The molecule has 0 N–H and O–H groups in total. The number of halogens is 2. The van der Waals surface area contributed by atoms with Gasteiger partial charge in [-0.05, 0) is 32.4 Å². The van der Waals surface area contributed by atoms with E-state index in [1.54, 1.807) is 6.92 Å². The Bertz CT molecular complexity index is 240. The van der Waals surface area contributed by atoms with Gasteiger partial charge in [-0.2, -0.15) is 0 Å². The summed E-state index contributed by atoms with van der Waals surface area (Å²) in [5.41, 5.74) is -0.559. The molecule has 0 aromatic heterocycles. The summed E-state index contributed by atoms with van der Waals surface area (Å²) in [5.74, 6) is 0.347. The summed E-state index contributed by atoms with van der Waals surface area (Å²) >= 11 is 11.2. The zero-order chi connectivity index (χ0) is 13.3. The monoisotopic (exact) mass is 284 g/mol. The van der Waals surface area contributed by atoms with Crippen LogP contribution >= 0.6 is 23.2 Å². The lowest BCUT2D eigenvalue weighted by Gasteiger charge is -2.18. The maximum Gasteiger partial charge on any atom is 0.248 e. The van der Waals surface area contributed by atoms with Crippen LogP contribution in [0.3, 0.4) is 0 Å². The van der Waals surface area contributed by atoms with E-state index in [1.165, 1.54) is 6.08 Å². The molecule has 2 unspecified atom stereocenters. The van der Waals surface area contributed by atoms with Crippen LogP contribution in [0.15, 0.2) is 11.8 Å². The van der Waals surface area contributed by atoms with E-state index < -0.39 is 17.1 Å². The average Bonchev–Trinajstić information content (AvgIpc) is 2.16. The first-order chi connectivity index (χ1) is 7.99. The summed E-state index contributed by atoms with van der Waals surface area (Å²) in [6.07, 6.45) is 0.962. The van der Waals surface area contributed by atoms with Gasteiger partial charge in [0.15, 0.2) is 6.29 Å². The lowest BCUT2D eigenvalue weighted by Crippen LogP contribution is -2.16. The molecule has 0 fully saturated rings. The molecule has 0 saturated heterocycles. The van der Waals surface area contributed by atoms with Crippen molar-refractivity contribution in [1.82, 2.24) is 0 Å². The van der Waals surface area contributed by atoms with Gasteiger partial charge < -0.3 is 14.2 Å². The van der Waals surface area contributed by atoms with E-state index in [0.29, 0.717) is 19.0 Å². The van der Waals surface area contributed by atoms with Crippen molar-refractivity contribution in [2.75, 3.05) is 13.2 Å². The van der Waals surface area contributed by atoms with Gasteiger partial charge in [-0.15, -0.1) is 0 Å². The number of rotatable bonds is 9. The number of alkyl halides is 1. The Morgan fingerprint density at radius 2 is 1.88 bits per heavy atom. The van der Waals surface area contributed by atoms with Crippen LogP contribution in [-0.4, -0.2) is 30.3 Å². The van der Waals surface area contributed by atoms with Crippen molar-refractivity contribution < 1.29 is 19.0 Å². The lowest BCUT2D eigenvalue weighted by molar-refractivity contribution is -0.110. The molecule has 0 bridgehead atoms. The normalized spacial score (nSPS) is 15.5. The first-order valence-corrected chi connectivity index (χ1v) is 6.25. The van der Waals surface area contributed by atoms with E-state index >= 15 is 0 Å². The molecule has 0 spiro atoms. The van der Waals surface area contributed by atoms with Crippen LogP contribution < -0.4 is 0 Å². The van der Waals surface area contributed by atoms with Crippen molar-refractivity contribution in [2.45, 2.75) is 39.0 Å². The van der Waals surface area contributed by atoms with Crippen LogP contribution in [0.5, 0.6) is 0 Å². The van der Waals surface area contributed by atoms with Crippen molar-refractivity contribution in [1.29, 1.82) is 0 Å². The maximum atomic E-state index is 10.8. The predicted molar refractivity (Wildman–Crippen MR) is 67.0 cm³/mol. The zero-order valence-electron chi connectivity index (χ0n) is 10.2. The summed E-state index contributed by atoms with van der Waals surface area (Å²) < 4.78 is 15.7. The Kier molecular flexibility index (Phi) is 9.55. The molecule has 100 valence electrons. The molecule has 0 radical (unpaired) electrons. The van der Waals surface area contributed by atoms with E-state index in [2.05, 4.69) is 0 Å². The van der Waals surface area contributed by atoms with Gasteiger partial charge in [0.1, 0.15) is 11.3 Å². The topological polar surface area (TPSA) is 44.8 Å². The number of hydrogen-bond donors (Lipinski definition) is 0. The van der Waals surface area contributed by atoms with Gasteiger partial charge in [-0.1, -0.05) is 11.6 Å². The molecule has 4 nitrogen and oxygen atoms in total. The van der Waals surface area contributed by atoms with Gasteiger partial charge in [0.2, 0.25) is 5.24 Å². The van der Waals surface area contributed by atoms with Crippen molar-refractivity contribution in [3.63, 3.8) is 0 Å². The molecule has 0 aromatic rings. The SMILES string of the molecule is CCOC(Cl)C/C(=C\C(=O)Cl)OC(C)OCC. The molecule has 0 aromatic carbocycles. The number of hydrogen-bond acceptors (Lipinski definition) is 4. The third-order valence-corrected chi connectivity index (χ3v) is 2.09. The molecule has 0 aliphatic heterocycles. The maximum absolute atomic E-state index is 10.8. The van der Waals surface area contributed by atoms with Gasteiger partial charge in [-0.25, -0.2) is 0 Å². The van der Waals surface area contributed by atoms with Gasteiger partial charge >= 0.3 is 0 Å². The highest BCUT2D eigenvalue weighted by Gasteiger charge is 2.13.